The van der Waals surface area contributed by atoms with Crippen LogP contribution in [0.1, 0.15) is 71.7 Å². The van der Waals surface area contributed by atoms with Gasteiger partial charge >= 0.3 is 23.9 Å². The average molecular weight is 619 g/mol. The first kappa shape index (κ1) is 33.6. The summed E-state index contributed by atoms with van der Waals surface area (Å²) in [7, 11) is 0. The van der Waals surface area contributed by atoms with Gasteiger partial charge in [0.2, 0.25) is 0 Å². The summed E-state index contributed by atoms with van der Waals surface area (Å²) in [4.78, 5) is 51.1. The molecule has 1 aromatic rings. The maximum atomic E-state index is 13.6. The number of ether oxygens (including phenoxy) is 5. The molecule has 2 aliphatic carbocycles. The van der Waals surface area contributed by atoms with Crippen LogP contribution in [0.25, 0.3) is 0 Å². The number of carbonyl (C=O) groups is 4. The number of aliphatic hydroxyl groups excluding tert-OH is 2. The largest absolute Gasteiger partial charge is 0.458 e. The van der Waals surface area contributed by atoms with Gasteiger partial charge < -0.3 is 39.0 Å². The van der Waals surface area contributed by atoms with Crippen LogP contribution in [0, 0.1) is 11.3 Å². The molecule has 12 heteroatoms. The highest BCUT2D eigenvalue weighted by Gasteiger charge is 2.73. The lowest BCUT2D eigenvalue weighted by Gasteiger charge is -2.64. The lowest BCUT2D eigenvalue weighted by atomic mass is 9.51. The summed E-state index contributed by atoms with van der Waals surface area (Å²) in [5.74, 6) is -4.06. The van der Waals surface area contributed by atoms with Crippen molar-refractivity contribution in [1.29, 1.82) is 0 Å². The van der Waals surface area contributed by atoms with Crippen LogP contribution in [0.2, 0.25) is 0 Å². The van der Waals surface area contributed by atoms with Gasteiger partial charge in [0.1, 0.15) is 24.4 Å². The summed E-state index contributed by atoms with van der Waals surface area (Å²) in [5, 5.41) is 35.5. The minimum absolute atomic E-state index is 0.0437. The molecule has 0 unspecified atom stereocenters. The van der Waals surface area contributed by atoms with Crippen molar-refractivity contribution in [2.45, 2.75) is 109 Å². The van der Waals surface area contributed by atoms with Crippen molar-refractivity contribution in [3.8, 4) is 0 Å². The monoisotopic (exact) mass is 618 g/mol. The summed E-state index contributed by atoms with van der Waals surface area (Å²) in [6.07, 6.45) is -8.20. The summed E-state index contributed by atoms with van der Waals surface area (Å²) < 4.78 is 29.3. The van der Waals surface area contributed by atoms with Crippen LogP contribution in [0.5, 0.6) is 0 Å². The highest BCUT2D eigenvalue weighted by molar-refractivity contribution is 5.89. The van der Waals surface area contributed by atoms with Crippen LogP contribution in [-0.4, -0.2) is 93.6 Å². The molecule has 3 aliphatic rings. The van der Waals surface area contributed by atoms with E-state index < -0.39 is 83.0 Å². The van der Waals surface area contributed by atoms with E-state index in [0.29, 0.717) is 0 Å². The number of rotatable bonds is 6. The van der Waals surface area contributed by atoms with Gasteiger partial charge in [-0.3, -0.25) is 14.4 Å². The SMILES string of the molecule is CC(=O)O[C@H]1C[C@@H](OC(=O)c2ccccc2)[C@@H]2[C@]3(OC(C)=O)CO[C@@H]3C[C@H](O)[C@@]2(C)[C@@H](O)[C@H](OC(C)=O)C(C(C)(C)O)=C1C. The number of hydrogen-bond acceptors (Lipinski definition) is 12. The molecule has 0 aromatic heterocycles. The fraction of sp³-hybridized carbons (Fsp3) is 0.625. The normalized spacial score (nSPS) is 35.4. The van der Waals surface area contributed by atoms with E-state index in [1.807, 2.05) is 0 Å². The Bertz CT molecular complexity index is 1320. The van der Waals surface area contributed by atoms with Crippen molar-refractivity contribution in [3.05, 3.63) is 47.0 Å². The summed E-state index contributed by atoms with van der Waals surface area (Å²) in [5.41, 5.74) is -4.43. The average Bonchev–Trinajstić information content (AvgIpc) is 2.93. The smallest absolute Gasteiger partial charge is 0.338 e. The minimum Gasteiger partial charge on any atom is -0.458 e. The molecule has 0 amide bonds. The predicted molar refractivity (Wildman–Crippen MR) is 153 cm³/mol. The minimum atomic E-state index is -1.74. The molecular weight excluding hydrogens is 576 g/mol. The van der Waals surface area contributed by atoms with Gasteiger partial charge in [-0.25, -0.2) is 4.79 Å². The van der Waals surface area contributed by atoms with Gasteiger partial charge in [-0.1, -0.05) is 25.1 Å². The number of carbonyl (C=O) groups excluding carboxylic acids is 4. The van der Waals surface area contributed by atoms with Crippen molar-refractivity contribution >= 4 is 23.9 Å². The van der Waals surface area contributed by atoms with E-state index >= 15 is 0 Å². The number of fused-ring (bicyclic) bond motifs is 3. The third-order valence-corrected chi connectivity index (χ3v) is 9.20. The van der Waals surface area contributed by atoms with E-state index in [0.717, 1.165) is 6.92 Å². The Morgan fingerprint density at radius 2 is 1.55 bits per heavy atom. The second-order valence-electron chi connectivity index (χ2n) is 12.7. The van der Waals surface area contributed by atoms with Gasteiger partial charge in [0.05, 0.1) is 29.8 Å². The maximum Gasteiger partial charge on any atom is 0.338 e. The molecule has 0 bridgehead atoms. The maximum absolute atomic E-state index is 13.6. The van der Waals surface area contributed by atoms with Gasteiger partial charge in [-0.2, -0.15) is 0 Å². The van der Waals surface area contributed by atoms with E-state index in [9.17, 15) is 34.5 Å². The van der Waals surface area contributed by atoms with Crippen molar-refractivity contribution < 1.29 is 58.2 Å². The van der Waals surface area contributed by atoms with Crippen molar-refractivity contribution in [3.63, 3.8) is 0 Å². The molecule has 12 nitrogen and oxygen atoms in total. The molecule has 2 fully saturated rings. The van der Waals surface area contributed by atoms with Crippen LogP contribution in [0.15, 0.2) is 41.5 Å². The Hall–Kier alpha value is -3.32. The van der Waals surface area contributed by atoms with E-state index in [1.54, 1.807) is 37.3 Å². The standard InChI is InChI=1S/C32H42O12/c1-16-21(41-17(2)33)13-22(43-29(38)20-11-9-8-10-12-20)27-31(7,23(36)14-24-32(27,15-40-24)44-19(4)35)28(37)26(42-18(3)34)25(16)30(5,6)39/h8-12,21-24,26-28,36-37,39H,13-15H2,1-7H3/t21-,22+,23-,24+,26+,27-,28-,31+,32-/m0/s1. The van der Waals surface area contributed by atoms with Crippen molar-refractivity contribution in [1.82, 2.24) is 0 Å². The first-order valence-electron chi connectivity index (χ1n) is 14.6. The number of hydrogen-bond donors (Lipinski definition) is 3. The molecule has 44 heavy (non-hydrogen) atoms. The van der Waals surface area contributed by atoms with E-state index in [-0.39, 0.29) is 36.2 Å². The molecule has 1 aliphatic heterocycles. The zero-order chi connectivity index (χ0) is 32.8. The van der Waals surface area contributed by atoms with Gasteiger partial charge in [0.25, 0.3) is 0 Å². The quantitative estimate of drug-likeness (QED) is 0.241. The van der Waals surface area contributed by atoms with Crippen molar-refractivity contribution in [2.24, 2.45) is 11.3 Å². The molecule has 1 heterocycles. The fourth-order valence-electron chi connectivity index (χ4n) is 7.41. The van der Waals surface area contributed by atoms with Gasteiger partial charge in [-0.15, -0.1) is 0 Å². The van der Waals surface area contributed by atoms with Gasteiger partial charge in [0.15, 0.2) is 11.7 Å². The molecule has 9 atom stereocenters. The van der Waals surface area contributed by atoms with E-state index in [4.69, 9.17) is 23.7 Å². The molecule has 0 radical (unpaired) electrons. The third kappa shape index (κ3) is 6.00. The highest BCUT2D eigenvalue weighted by Crippen LogP contribution is 2.59. The van der Waals surface area contributed by atoms with Crippen LogP contribution in [0.4, 0.5) is 0 Å². The van der Waals surface area contributed by atoms with Crippen LogP contribution < -0.4 is 0 Å². The molecule has 1 aromatic carbocycles. The Kier molecular flexibility index (Phi) is 9.33. The predicted octanol–water partition coefficient (Wildman–Crippen LogP) is 2.02. The second-order valence-corrected chi connectivity index (χ2v) is 12.7. The van der Waals surface area contributed by atoms with Gasteiger partial charge in [0, 0.05) is 44.6 Å². The van der Waals surface area contributed by atoms with Crippen LogP contribution in [-0.2, 0) is 38.1 Å². The molecule has 3 N–H and O–H groups in total. The Morgan fingerprint density at radius 3 is 2.05 bits per heavy atom. The van der Waals surface area contributed by atoms with Crippen LogP contribution in [0.3, 0.4) is 0 Å². The number of esters is 4. The summed E-state index contributed by atoms with van der Waals surface area (Å²) in [6, 6.07) is 8.14. The summed E-state index contributed by atoms with van der Waals surface area (Å²) in [6.45, 7) is 9.36. The topological polar surface area (TPSA) is 175 Å². The van der Waals surface area contributed by atoms with Crippen molar-refractivity contribution in [2.75, 3.05) is 6.61 Å². The molecule has 1 saturated heterocycles. The lowest BCUT2D eigenvalue weighted by Crippen LogP contribution is -2.78. The Balaban J connectivity index is 2.04. The molecule has 0 spiro atoms. The van der Waals surface area contributed by atoms with Gasteiger partial charge in [-0.05, 0) is 38.5 Å². The Labute approximate surface area is 256 Å². The molecule has 4 rings (SSSR count). The zero-order valence-corrected chi connectivity index (χ0v) is 26.1. The Morgan fingerprint density at radius 1 is 0.932 bits per heavy atom. The lowest BCUT2D eigenvalue weighted by molar-refractivity contribution is -0.347. The second kappa shape index (κ2) is 12.2. The summed E-state index contributed by atoms with van der Waals surface area (Å²) >= 11 is 0. The molecular formula is C32H42O12. The first-order valence-corrected chi connectivity index (χ1v) is 14.6. The highest BCUT2D eigenvalue weighted by atomic mass is 16.6. The zero-order valence-electron chi connectivity index (χ0n) is 26.1. The molecule has 242 valence electrons. The fourth-order valence-corrected chi connectivity index (χ4v) is 7.41. The first-order chi connectivity index (χ1) is 20.4. The van der Waals surface area contributed by atoms with E-state index in [2.05, 4.69) is 0 Å². The number of benzene rings is 1. The molecule has 1 saturated carbocycles. The number of aliphatic hydroxyl groups is 3. The van der Waals surface area contributed by atoms with Crippen LogP contribution >= 0.6 is 0 Å². The van der Waals surface area contributed by atoms with E-state index in [1.165, 1.54) is 34.6 Å². The third-order valence-electron chi connectivity index (χ3n) is 9.20.